The van der Waals surface area contributed by atoms with E-state index in [1.165, 1.54) is 22.4 Å². The third-order valence-corrected chi connectivity index (χ3v) is 5.52. The summed E-state index contributed by atoms with van der Waals surface area (Å²) in [6.07, 6.45) is 1.80. The van der Waals surface area contributed by atoms with E-state index in [0.29, 0.717) is 16.3 Å². The predicted molar refractivity (Wildman–Crippen MR) is 121 cm³/mol. The summed E-state index contributed by atoms with van der Waals surface area (Å²) in [5.74, 6) is 0.0382. The van der Waals surface area contributed by atoms with Crippen molar-refractivity contribution >= 4 is 35.7 Å². The molecule has 0 unspecified atom stereocenters. The molecule has 0 fully saturated rings. The quantitative estimate of drug-likeness (QED) is 0.385. The minimum absolute atomic E-state index is 0. The van der Waals surface area contributed by atoms with Gasteiger partial charge < -0.3 is 9.64 Å². The third kappa shape index (κ3) is 4.75. The fourth-order valence-corrected chi connectivity index (χ4v) is 3.92. The lowest BCUT2D eigenvalue weighted by atomic mass is 10.0. The van der Waals surface area contributed by atoms with Crippen LogP contribution >= 0.6 is 24.0 Å². The number of anilines is 1. The SMILES string of the molecule is Cc1ccccc1N1CCc2cc(Cl)c(OC(=O)c3ccccc3)cc2CC1.Cl. The molecule has 150 valence electrons. The maximum Gasteiger partial charge on any atom is 0.343 e. The van der Waals surface area contributed by atoms with Gasteiger partial charge in [-0.25, -0.2) is 4.79 Å². The van der Waals surface area contributed by atoms with E-state index >= 15 is 0 Å². The number of ether oxygens (including phenoxy) is 1. The molecule has 0 bridgehead atoms. The summed E-state index contributed by atoms with van der Waals surface area (Å²) in [5.41, 5.74) is 5.48. The Hall–Kier alpha value is -2.49. The lowest BCUT2D eigenvalue weighted by molar-refractivity contribution is 0.0734. The Morgan fingerprint density at radius 3 is 2.24 bits per heavy atom. The van der Waals surface area contributed by atoms with E-state index in [9.17, 15) is 4.79 Å². The number of nitrogens with zero attached hydrogens (tertiary/aromatic N) is 1. The number of hydrogen-bond donors (Lipinski definition) is 0. The Balaban J connectivity index is 0.00000240. The van der Waals surface area contributed by atoms with Crippen LogP contribution in [-0.4, -0.2) is 19.1 Å². The van der Waals surface area contributed by atoms with Gasteiger partial charge in [-0.3, -0.25) is 0 Å². The molecule has 5 heteroatoms. The van der Waals surface area contributed by atoms with Crippen molar-refractivity contribution in [1.82, 2.24) is 0 Å². The van der Waals surface area contributed by atoms with Crippen LogP contribution in [-0.2, 0) is 12.8 Å². The van der Waals surface area contributed by atoms with Gasteiger partial charge in [-0.1, -0.05) is 48.0 Å². The van der Waals surface area contributed by atoms with Crippen molar-refractivity contribution in [3.8, 4) is 5.75 Å². The zero-order valence-electron chi connectivity index (χ0n) is 16.2. The van der Waals surface area contributed by atoms with Crippen molar-refractivity contribution in [2.75, 3.05) is 18.0 Å². The Labute approximate surface area is 182 Å². The molecule has 29 heavy (non-hydrogen) atoms. The van der Waals surface area contributed by atoms with Gasteiger partial charge in [-0.2, -0.15) is 0 Å². The smallest absolute Gasteiger partial charge is 0.343 e. The van der Waals surface area contributed by atoms with Crippen molar-refractivity contribution in [3.63, 3.8) is 0 Å². The maximum absolute atomic E-state index is 12.4. The van der Waals surface area contributed by atoms with Crippen LogP contribution in [0.1, 0.15) is 27.0 Å². The third-order valence-electron chi connectivity index (χ3n) is 5.22. The largest absolute Gasteiger partial charge is 0.421 e. The number of carbonyl (C=O) groups excluding carboxylic acids is 1. The first-order valence-corrected chi connectivity index (χ1v) is 9.89. The fourth-order valence-electron chi connectivity index (χ4n) is 3.70. The van der Waals surface area contributed by atoms with Crippen LogP contribution in [0.2, 0.25) is 5.02 Å². The molecule has 0 atom stereocenters. The summed E-state index contributed by atoms with van der Waals surface area (Å²) in [6.45, 7) is 4.01. The van der Waals surface area contributed by atoms with Crippen LogP contribution in [0.5, 0.6) is 5.75 Å². The van der Waals surface area contributed by atoms with Gasteiger partial charge in [-0.05, 0) is 66.8 Å². The highest BCUT2D eigenvalue weighted by Gasteiger charge is 2.19. The molecule has 3 aromatic carbocycles. The molecule has 3 aromatic rings. The number of carbonyl (C=O) groups is 1. The second-order valence-corrected chi connectivity index (χ2v) is 7.49. The second-order valence-electron chi connectivity index (χ2n) is 7.08. The van der Waals surface area contributed by atoms with Crippen LogP contribution in [0.15, 0.2) is 66.7 Å². The minimum Gasteiger partial charge on any atom is -0.421 e. The normalized spacial score (nSPS) is 13.1. The molecule has 1 aliphatic heterocycles. The highest BCUT2D eigenvalue weighted by atomic mass is 35.5. The van der Waals surface area contributed by atoms with Gasteiger partial charge in [0.05, 0.1) is 10.6 Å². The zero-order chi connectivity index (χ0) is 19.5. The first-order chi connectivity index (χ1) is 13.6. The molecular weight excluding hydrogens is 405 g/mol. The van der Waals surface area contributed by atoms with Crippen molar-refractivity contribution < 1.29 is 9.53 Å². The van der Waals surface area contributed by atoms with Crippen LogP contribution in [0.25, 0.3) is 0 Å². The average molecular weight is 428 g/mol. The van der Waals surface area contributed by atoms with E-state index < -0.39 is 5.97 Å². The molecule has 0 saturated carbocycles. The summed E-state index contributed by atoms with van der Waals surface area (Å²) in [5, 5.41) is 0.479. The Morgan fingerprint density at radius 1 is 0.931 bits per heavy atom. The van der Waals surface area contributed by atoms with Crippen LogP contribution in [0.3, 0.4) is 0 Å². The van der Waals surface area contributed by atoms with Gasteiger partial charge in [-0.15, -0.1) is 12.4 Å². The topological polar surface area (TPSA) is 29.5 Å². The minimum atomic E-state index is -0.391. The molecule has 0 amide bonds. The van der Waals surface area contributed by atoms with E-state index in [-0.39, 0.29) is 12.4 Å². The molecule has 0 radical (unpaired) electrons. The number of aryl methyl sites for hydroxylation is 1. The zero-order valence-corrected chi connectivity index (χ0v) is 17.8. The van der Waals surface area contributed by atoms with Crippen LogP contribution < -0.4 is 9.64 Å². The standard InChI is InChI=1S/C24H22ClNO2.ClH/c1-17-7-5-6-10-22(17)26-13-11-19-15-21(25)23(16-20(19)12-14-26)28-24(27)18-8-3-2-4-9-18;/h2-10,15-16H,11-14H2,1H3;1H. The van der Waals surface area contributed by atoms with Gasteiger partial charge >= 0.3 is 5.97 Å². The van der Waals surface area contributed by atoms with Crippen molar-refractivity contribution in [1.29, 1.82) is 0 Å². The van der Waals surface area contributed by atoms with Gasteiger partial charge in [0.25, 0.3) is 0 Å². The van der Waals surface area contributed by atoms with E-state index in [1.807, 2.05) is 30.3 Å². The molecule has 3 nitrogen and oxygen atoms in total. The highest BCUT2D eigenvalue weighted by Crippen LogP contribution is 2.32. The van der Waals surface area contributed by atoms with Gasteiger partial charge in [0.2, 0.25) is 0 Å². The number of halogens is 2. The number of fused-ring (bicyclic) bond motifs is 1. The van der Waals surface area contributed by atoms with Crippen molar-refractivity contribution in [2.24, 2.45) is 0 Å². The predicted octanol–water partition coefficient (Wildman–Crippen LogP) is 5.89. The maximum atomic E-state index is 12.4. The van der Waals surface area contributed by atoms with Crippen LogP contribution in [0, 0.1) is 6.92 Å². The number of para-hydroxylation sites is 1. The van der Waals surface area contributed by atoms with Gasteiger partial charge in [0.1, 0.15) is 5.75 Å². The van der Waals surface area contributed by atoms with E-state index in [0.717, 1.165) is 25.9 Å². The molecule has 1 heterocycles. The summed E-state index contributed by atoms with van der Waals surface area (Å²) >= 11 is 6.43. The summed E-state index contributed by atoms with van der Waals surface area (Å²) < 4.78 is 5.58. The summed E-state index contributed by atoms with van der Waals surface area (Å²) in [7, 11) is 0. The molecule has 1 aliphatic rings. The van der Waals surface area contributed by atoms with Crippen molar-refractivity contribution in [3.05, 3.63) is 94.0 Å². The first kappa shape index (κ1) is 21.2. The Bertz CT molecular complexity index is 1010. The summed E-state index contributed by atoms with van der Waals surface area (Å²) in [4.78, 5) is 14.8. The first-order valence-electron chi connectivity index (χ1n) is 9.51. The number of benzene rings is 3. The van der Waals surface area contributed by atoms with E-state index in [4.69, 9.17) is 16.3 Å². The molecule has 4 rings (SSSR count). The summed E-state index contributed by atoms with van der Waals surface area (Å²) in [6, 6.07) is 21.3. The Kier molecular flexibility index (Phi) is 6.83. The molecule has 0 saturated heterocycles. The van der Waals surface area contributed by atoms with Gasteiger partial charge in [0.15, 0.2) is 0 Å². The Morgan fingerprint density at radius 2 is 1.55 bits per heavy atom. The highest BCUT2D eigenvalue weighted by molar-refractivity contribution is 6.32. The number of esters is 1. The van der Waals surface area contributed by atoms with Gasteiger partial charge in [0, 0.05) is 18.8 Å². The molecule has 0 spiro atoms. The lowest BCUT2D eigenvalue weighted by Crippen LogP contribution is -2.26. The van der Waals surface area contributed by atoms with E-state index in [2.05, 4.69) is 36.1 Å². The number of rotatable bonds is 3. The molecular formula is C24H23Cl2NO2. The monoisotopic (exact) mass is 427 g/mol. The lowest BCUT2D eigenvalue weighted by Gasteiger charge is -2.24. The van der Waals surface area contributed by atoms with Crippen molar-refractivity contribution in [2.45, 2.75) is 19.8 Å². The fraction of sp³-hybridized carbons (Fsp3) is 0.208. The van der Waals surface area contributed by atoms with E-state index in [1.54, 1.807) is 12.1 Å². The molecule has 0 aromatic heterocycles. The molecule has 0 aliphatic carbocycles. The van der Waals surface area contributed by atoms with Crippen LogP contribution in [0.4, 0.5) is 5.69 Å². The average Bonchev–Trinajstić information content (AvgIpc) is 2.91. The number of hydrogen-bond acceptors (Lipinski definition) is 3. The molecule has 0 N–H and O–H groups in total. The second kappa shape index (κ2) is 9.34.